The van der Waals surface area contributed by atoms with E-state index in [4.69, 9.17) is 9.47 Å². The molecule has 0 aliphatic carbocycles. The Morgan fingerprint density at radius 3 is 2.88 bits per heavy atom. The van der Waals surface area contributed by atoms with Crippen LogP contribution < -0.4 is 15.0 Å². The molecule has 0 spiro atoms. The highest BCUT2D eigenvalue weighted by molar-refractivity contribution is 6.02. The van der Waals surface area contributed by atoms with Crippen molar-refractivity contribution in [2.45, 2.75) is 19.3 Å². The summed E-state index contributed by atoms with van der Waals surface area (Å²) in [6, 6.07) is 8.86. The number of methoxy groups -OCH3 is 1. The summed E-state index contributed by atoms with van der Waals surface area (Å²) in [6.07, 6.45) is 2.58. The number of hydrogen-bond acceptors (Lipinski definition) is 4. The molecule has 2 aromatic rings. The van der Waals surface area contributed by atoms with Crippen LogP contribution in [0.1, 0.15) is 18.4 Å². The number of urea groups is 1. The van der Waals surface area contributed by atoms with E-state index in [0.29, 0.717) is 12.2 Å². The highest BCUT2D eigenvalue weighted by Gasteiger charge is 2.22. The molecule has 0 radical (unpaired) electrons. The van der Waals surface area contributed by atoms with Crippen molar-refractivity contribution in [3.63, 3.8) is 0 Å². The first-order valence-electron chi connectivity index (χ1n) is 8.40. The second-order valence-corrected chi connectivity index (χ2v) is 6.05. The van der Waals surface area contributed by atoms with Gasteiger partial charge >= 0.3 is 6.03 Å². The fraction of sp³-hybridized carbons (Fsp3) is 0.316. The van der Waals surface area contributed by atoms with E-state index in [-0.39, 0.29) is 24.3 Å². The molecule has 3 rings (SSSR count). The van der Waals surface area contributed by atoms with Crippen LogP contribution >= 0.6 is 0 Å². The quantitative estimate of drug-likeness (QED) is 0.812. The molecule has 138 valence electrons. The number of benzene rings is 2. The minimum atomic E-state index is -0.582. The van der Waals surface area contributed by atoms with Gasteiger partial charge in [-0.3, -0.25) is 4.90 Å². The number of aryl methyl sites for hydroxylation is 1. The summed E-state index contributed by atoms with van der Waals surface area (Å²) >= 11 is 0. The van der Waals surface area contributed by atoms with Crippen molar-refractivity contribution < 1.29 is 23.8 Å². The summed E-state index contributed by atoms with van der Waals surface area (Å²) in [7, 11) is 1.45. The molecule has 0 saturated carbocycles. The molecule has 0 atom stereocenters. The van der Waals surface area contributed by atoms with Crippen molar-refractivity contribution in [2.75, 3.05) is 30.7 Å². The van der Waals surface area contributed by atoms with E-state index in [9.17, 15) is 14.3 Å². The lowest BCUT2D eigenvalue weighted by molar-refractivity contribution is 0.0483. The third-order valence-electron chi connectivity index (χ3n) is 4.19. The van der Waals surface area contributed by atoms with Gasteiger partial charge in [-0.05, 0) is 55.2 Å². The van der Waals surface area contributed by atoms with Gasteiger partial charge in [-0.2, -0.15) is 0 Å². The molecule has 7 heteroatoms. The SMILES string of the molecule is COCOc1ccc(NC(=O)N2CCCCc3cc(O)ccc32)cc1F. The number of phenolic OH excluding ortho intramolecular Hbond substituents is 1. The summed E-state index contributed by atoms with van der Waals surface area (Å²) in [6.45, 7) is 0.501. The Kier molecular flexibility index (Phi) is 5.58. The molecule has 6 nitrogen and oxygen atoms in total. The minimum Gasteiger partial charge on any atom is -0.508 e. The largest absolute Gasteiger partial charge is 0.508 e. The number of ether oxygens (including phenoxy) is 2. The lowest BCUT2D eigenvalue weighted by Gasteiger charge is -2.23. The molecule has 0 saturated heterocycles. The Labute approximate surface area is 151 Å². The van der Waals surface area contributed by atoms with Gasteiger partial charge in [0.1, 0.15) is 5.75 Å². The van der Waals surface area contributed by atoms with Crippen LogP contribution in [0.2, 0.25) is 0 Å². The summed E-state index contributed by atoms with van der Waals surface area (Å²) in [4.78, 5) is 14.3. The van der Waals surface area contributed by atoms with Crippen LogP contribution in [0.25, 0.3) is 0 Å². The average molecular weight is 360 g/mol. The van der Waals surface area contributed by atoms with Crippen LogP contribution in [0.4, 0.5) is 20.6 Å². The van der Waals surface area contributed by atoms with Gasteiger partial charge in [-0.25, -0.2) is 9.18 Å². The lowest BCUT2D eigenvalue weighted by atomic mass is 10.1. The normalized spacial score (nSPS) is 13.7. The predicted octanol–water partition coefficient (Wildman–Crippen LogP) is 3.89. The number of fused-ring (bicyclic) bond motifs is 1. The summed E-state index contributed by atoms with van der Waals surface area (Å²) in [5, 5.41) is 12.4. The molecular formula is C19H21FN2O4. The van der Waals surface area contributed by atoms with E-state index in [0.717, 1.165) is 30.5 Å². The van der Waals surface area contributed by atoms with E-state index in [1.54, 1.807) is 29.2 Å². The van der Waals surface area contributed by atoms with Gasteiger partial charge in [0.2, 0.25) is 0 Å². The number of rotatable bonds is 4. The summed E-state index contributed by atoms with van der Waals surface area (Å²) in [5.41, 5.74) is 2.02. The van der Waals surface area contributed by atoms with Crippen LogP contribution in [0.3, 0.4) is 0 Å². The molecule has 2 amide bonds. The number of carbonyl (C=O) groups is 1. The Bertz CT molecular complexity index is 797. The van der Waals surface area contributed by atoms with E-state index < -0.39 is 5.82 Å². The van der Waals surface area contributed by atoms with Gasteiger partial charge < -0.3 is 19.9 Å². The molecule has 0 fully saturated rings. The molecule has 2 N–H and O–H groups in total. The van der Waals surface area contributed by atoms with Gasteiger partial charge in [0.15, 0.2) is 18.4 Å². The zero-order valence-electron chi connectivity index (χ0n) is 14.5. The molecule has 0 bridgehead atoms. The number of amides is 2. The molecule has 26 heavy (non-hydrogen) atoms. The van der Waals surface area contributed by atoms with Gasteiger partial charge in [0.25, 0.3) is 0 Å². The first kappa shape index (κ1) is 18.0. The van der Waals surface area contributed by atoms with Crippen molar-refractivity contribution in [3.8, 4) is 11.5 Å². The fourth-order valence-electron chi connectivity index (χ4n) is 2.96. The monoisotopic (exact) mass is 360 g/mol. The first-order valence-corrected chi connectivity index (χ1v) is 8.40. The van der Waals surface area contributed by atoms with E-state index in [1.165, 1.54) is 19.2 Å². The van der Waals surface area contributed by atoms with Crippen molar-refractivity contribution in [1.29, 1.82) is 0 Å². The second kappa shape index (κ2) is 8.05. The van der Waals surface area contributed by atoms with Crippen LogP contribution in [0.15, 0.2) is 36.4 Å². The molecule has 2 aromatic carbocycles. The van der Waals surface area contributed by atoms with Crippen molar-refractivity contribution in [3.05, 3.63) is 47.8 Å². The zero-order valence-corrected chi connectivity index (χ0v) is 14.5. The van der Waals surface area contributed by atoms with Crippen molar-refractivity contribution in [2.24, 2.45) is 0 Å². The number of halogens is 1. The smallest absolute Gasteiger partial charge is 0.326 e. The number of nitrogens with zero attached hydrogens (tertiary/aromatic N) is 1. The van der Waals surface area contributed by atoms with Crippen LogP contribution in [0.5, 0.6) is 11.5 Å². The Hall–Kier alpha value is -2.80. The van der Waals surface area contributed by atoms with Crippen LogP contribution in [-0.2, 0) is 11.2 Å². The molecular weight excluding hydrogens is 339 g/mol. The Balaban J connectivity index is 1.77. The number of carbonyl (C=O) groups excluding carboxylic acids is 1. The number of nitrogens with one attached hydrogen (secondary N) is 1. The molecule has 0 aromatic heterocycles. The Morgan fingerprint density at radius 2 is 2.12 bits per heavy atom. The third-order valence-corrected chi connectivity index (χ3v) is 4.19. The maximum atomic E-state index is 14.0. The van der Waals surface area contributed by atoms with Gasteiger partial charge in [-0.1, -0.05) is 0 Å². The lowest BCUT2D eigenvalue weighted by Crippen LogP contribution is -2.35. The van der Waals surface area contributed by atoms with E-state index >= 15 is 0 Å². The molecule has 0 unspecified atom stereocenters. The highest BCUT2D eigenvalue weighted by atomic mass is 19.1. The maximum Gasteiger partial charge on any atom is 0.326 e. The average Bonchev–Trinajstić information content (AvgIpc) is 2.83. The minimum absolute atomic E-state index is 0.0555. The number of hydrogen-bond donors (Lipinski definition) is 2. The number of aromatic hydroxyl groups is 1. The number of phenols is 1. The third kappa shape index (κ3) is 4.05. The van der Waals surface area contributed by atoms with Gasteiger partial charge in [0.05, 0.1) is 0 Å². The zero-order chi connectivity index (χ0) is 18.5. The molecule has 1 heterocycles. The topological polar surface area (TPSA) is 71.0 Å². The Morgan fingerprint density at radius 1 is 1.27 bits per heavy atom. The van der Waals surface area contributed by atoms with Crippen molar-refractivity contribution >= 4 is 17.4 Å². The van der Waals surface area contributed by atoms with Gasteiger partial charge in [-0.15, -0.1) is 0 Å². The van der Waals surface area contributed by atoms with Crippen LogP contribution in [0, 0.1) is 5.82 Å². The van der Waals surface area contributed by atoms with Crippen LogP contribution in [-0.4, -0.2) is 31.6 Å². The summed E-state index contributed by atoms with van der Waals surface area (Å²) < 4.78 is 23.9. The maximum absolute atomic E-state index is 14.0. The predicted molar refractivity (Wildman–Crippen MR) is 96.3 cm³/mol. The van der Waals surface area contributed by atoms with Crippen molar-refractivity contribution in [1.82, 2.24) is 0 Å². The van der Waals surface area contributed by atoms with Gasteiger partial charge in [0, 0.05) is 31.1 Å². The standard InChI is InChI=1S/C19H21FN2O4/c1-25-12-26-18-8-5-14(11-16(18)20)21-19(24)22-9-3-2-4-13-10-15(23)6-7-17(13)22/h5-8,10-11,23H,2-4,9,12H2,1H3,(H,21,24). The molecule has 1 aliphatic rings. The highest BCUT2D eigenvalue weighted by Crippen LogP contribution is 2.30. The molecule has 1 aliphatic heterocycles. The first-order chi connectivity index (χ1) is 12.6. The number of anilines is 2. The summed E-state index contributed by atoms with van der Waals surface area (Å²) in [5.74, 6) is -0.346. The van der Waals surface area contributed by atoms with E-state index in [2.05, 4.69) is 5.32 Å². The second-order valence-electron chi connectivity index (χ2n) is 6.05. The van der Waals surface area contributed by atoms with E-state index in [1.807, 2.05) is 0 Å². The fourth-order valence-corrected chi connectivity index (χ4v) is 2.96.